The molecule has 3 aromatic rings. The Morgan fingerprint density at radius 3 is 2.45 bits per heavy atom. The largest absolute Gasteiger partial charge is 0.495 e. The average Bonchev–Trinajstić information content (AvgIpc) is 3.17. The Morgan fingerprint density at radius 1 is 1.26 bits per heavy atom. The zero-order valence-corrected chi connectivity index (χ0v) is 19.8. The number of nitrogens with one attached hydrogen (secondary N) is 1. The molecule has 0 fully saturated rings. The van der Waals surface area contributed by atoms with Crippen LogP contribution in [0.5, 0.6) is 5.75 Å². The van der Waals surface area contributed by atoms with Crippen LogP contribution in [-0.2, 0) is 0 Å². The number of aromatic amines is 1. The molecule has 0 saturated heterocycles. The molecule has 9 heteroatoms. The summed E-state index contributed by atoms with van der Waals surface area (Å²) in [6, 6.07) is 9.08. The van der Waals surface area contributed by atoms with E-state index in [9.17, 15) is 9.90 Å². The van der Waals surface area contributed by atoms with Crippen LogP contribution in [0.15, 0.2) is 44.4 Å². The van der Waals surface area contributed by atoms with E-state index >= 15 is 0 Å². The quantitative estimate of drug-likeness (QED) is 0.413. The van der Waals surface area contributed by atoms with Gasteiger partial charge >= 0.3 is 5.76 Å². The topological polar surface area (TPSA) is 114 Å². The Labute approximate surface area is 192 Å². The summed E-state index contributed by atoms with van der Waals surface area (Å²) in [4.78, 5) is 11.6. The van der Waals surface area contributed by atoms with Crippen molar-refractivity contribution in [3.05, 3.63) is 74.0 Å². The van der Waals surface area contributed by atoms with E-state index < -0.39 is 17.9 Å². The number of rotatable bonds is 5. The smallest absolute Gasteiger partial charge is 0.434 e. The zero-order valence-electron chi connectivity index (χ0n) is 18.1. The maximum absolute atomic E-state index is 10.9. The van der Waals surface area contributed by atoms with Crippen molar-refractivity contribution in [1.82, 2.24) is 10.2 Å². The summed E-state index contributed by atoms with van der Waals surface area (Å²) in [5, 5.41) is 15.9. The molecule has 4 N–H and O–H groups in total. The molecule has 0 radical (unpaired) electrons. The Hall–Kier alpha value is -2.26. The number of methoxy groups -OCH3 is 1. The molecule has 0 amide bonds. The van der Waals surface area contributed by atoms with Gasteiger partial charge in [-0.15, -0.1) is 17.7 Å². The number of hydrogen-bond donors (Lipinski definition) is 4. The van der Waals surface area contributed by atoms with Gasteiger partial charge in [-0.1, -0.05) is 36.7 Å². The second kappa shape index (κ2) is 10.9. The third kappa shape index (κ3) is 5.92. The molecule has 2 aromatic carbocycles. The highest BCUT2D eigenvalue weighted by molar-refractivity contribution is 7.80. The predicted octanol–water partition coefficient (Wildman–Crippen LogP) is 4.47. The standard InChI is InChI=1S/C13H17N3O2.C9H11ClO2S/c1-7-5-4-6-10(8(7)2)9(3)11(14)12-15-16-13(17)18-12;1-5(11)8-6(10)3-4-7(13)9(8)12-2/h4-6,9,11H,14H2,1-3H3,(H,16,17);3-5,11,13H,1-2H3. The van der Waals surface area contributed by atoms with E-state index in [-0.39, 0.29) is 11.8 Å². The van der Waals surface area contributed by atoms with Gasteiger partial charge in [0.15, 0.2) is 0 Å². The van der Waals surface area contributed by atoms with Gasteiger partial charge in [0.1, 0.15) is 5.75 Å². The molecule has 0 aliphatic heterocycles. The molecule has 0 bridgehead atoms. The van der Waals surface area contributed by atoms with Crippen molar-refractivity contribution in [3.63, 3.8) is 0 Å². The van der Waals surface area contributed by atoms with Gasteiger partial charge in [-0.05, 0) is 49.6 Å². The Bertz CT molecular complexity index is 1080. The first-order valence-corrected chi connectivity index (χ1v) is 10.5. The van der Waals surface area contributed by atoms with Crippen molar-refractivity contribution in [2.75, 3.05) is 7.11 Å². The molecule has 1 aromatic heterocycles. The minimum absolute atomic E-state index is 0.0244. The number of aromatic nitrogens is 2. The number of aliphatic hydroxyl groups excluding tert-OH is 1. The average molecular weight is 466 g/mol. The van der Waals surface area contributed by atoms with Gasteiger partial charge in [-0.2, -0.15) is 0 Å². The minimum Gasteiger partial charge on any atom is -0.495 e. The summed E-state index contributed by atoms with van der Waals surface area (Å²) in [6.07, 6.45) is -0.658. The first-order chi connectivity index (χ1) is 14.6. The molecule has 7 nitrogen and oxygen atoms in total. The molecular weight excluding hydrogens is 438 g/mol. The predicted molar refractivity (Wildman–Crippen MR) is 124 cm³/mol. The number of H-pyrrole nitrogens is 1. The number of nitrogens with two attached hydrogens (primary N) is 1. The van der Waals surface area contributed by atoms with Crippen LogP contribution in [0.25, 0.3) is 0 Å². The number of hydrogen-bond acceptors (Lipinski definition) is 7. The Morgan fingerprint density at radius 2 is 1.94 bits per heavy atom. The van der Waals surface area contributed by atoms with Gasteiger partial charge in [0.05, 0.1) is 24.3 Å². The maximum Gasteiger partial charge on any atom is 0.434 e. The van der Waals surface area contributed by atoms with E-state index in [0.29, 0.717) is 21.2 Å². The number of benzene rings is 2. The lowest BCUT2D eigenvalue weighted by Gasteiger charge is -2.20. The van der Waals surface area contributed by atoms with E-state index in [4.69, 9.17) is 26.5 Å². The highest BCUT2D eigenvalue weighted by Gasteiger charge is 2.23. The van der Waals surface area contributed by atoms with Gasteiger partial charge < -0.3 is 20.0 Å². The van der Waals surface area contributed by atoms with Crippen LogP contribution in [0.2, 0.25) is 5.02 Å². The van der Waals surface area contributed by atoms with Crippen LogP contribution in [0.1, 0.15) is 60.1 Å². The monoisotopic (exact) mass is 465 g/mol. The fraction of sp³-hybridized carbons (Fsp3) is 0.364. The summed E-state index contributed by atoms with van der Waals surface area (Å²) in [7, 11) is 1.53. The minimum atomic E-state index is -0.658. The molecule has 31 heavy (non-hydrogen) atoms. The van der Waals surface area contributed by atoms with Crippen LogP contribution < -0.4 is 16.2 Å². The number of aryl methyl sites for hydroxylation is 1. The van der Waals surface area contributed by atoms with Gasteiger partial charge in [0.2, 0.25) is 5.89 Å². The number of aliphatic hydroxyl groups is 1. The number of thiol groups is 1. The molecule has 1 heterocycles. The van der Waals surface area contributed by atoms with E-state index in [1.165, 1.54) is 18.2 Å². The first kappa shape index (κ1) is 25.0. The molecule has 3 rings (SSSR count). The van der Waals surface area contributed by atoms with Crippen molar-refractivity contribution >= 4 is 24.2 Å². The summed E-state index contributed by atoms with van der Waals surface area (Å²) >= 11 is 10.1. The van der Waals surface area contributed by atoms with E-state index in [1.807, 2.05) is 19.1 Å². The van der Waals surface area contributed by atoms with Crippen molar-refractivity contribution < 1.29 is 14.3 Å². The van der Waals surface area contributed by atoms with Crippen molar-refractivity contribution in [2.24, 2.45) is 5.73 Å². The second-order valence-corrected chi connectivity index (χ2v) is 8.13. The summed E-state index contributed by atoms with van der Waals surface area (Å²) in [6.45, 7) is 7.76. The van der Waals surface area contributed by atoms with Gasteiger partial charge in [-0.25, -0.2) is 9.89 Å². The van der Waals surface area contributed by atoms with Crippen molar-refractivity contribution in [1.29, 1.82) is 0 Å². The molecule has 168 valence electrons. The summed E-state index contributed by atoms with van der Waals surface area (Å²) in [5.74, 6) is 0.226. The molecule has 3 atom stereocenters. The lowest BCUT2D eigenvalue weighted by atomic mass is 9.89. The molecular formula is C22H28ClN3O4S. The third-order valence-electron chi connectivity index (χ3n) is 5.16. The first-order valence-electron chi connectivity index (χ1n) is 9.68. The second-order valence-electron chi connectivity index (χ2n) is 7.24. The molecule has 0 saturated carbocycles. The third-order valence-corrected chi connectivity index (χ3v) is 5.84. The van der Waals surface area contributed by atoms with Crippen LogP contribution in [-0.4, -0.2) is 22.4 Å². The van der Waals surface area contributed by atoms with E-state index in [1.54, 1.807) is 19.1 Å². The fourth-order valence-electron chi connectivity index (χ4n) is 3.23. The van der Waals surface area contributed by atoms with Crippen LogP contribution in [0.3, 0.4) is 0 Å². The maximum atomic E-state index is 10.9. The van der Waals surface area contributed by atoms with Crippen LogP contribution in [0, 0.1) is 13.8 Å². The van der Waals surface area contributed by atoms with E-state index in [2.05, 4.69) is 42.7 Å². The van der Waals surface area contributed by atoms with Gasteiger partial charge in [0.25, 0.3) is 0 Å². The van der Waals surface area contributed by atoms with Crippen molar-refractivity contribution in [3.8, 4) is 5.75 Å². The number of nitrogens with zero attached hydrogens (tertiary/aromatic N) is 1. The van der Waals surface area contributed by atoms with Crippen LogP contribution in [0.4, 0.5) is 0 Å². The highest BCUT2D eigenvalue weighted by Crippen LogP contribution is 2.36. The normalized spacial score (nSPS) is 13.7. The summed E-state index contributed by atoms with van der Waals surface area (Å²) in [5.41, 5.74) is 10.2. The van der Waals surface area contributed by atoms with E-state index in [0.717, 1.165) is 5.56 Å². The lowest BCUT2D eigenvalue weighted by Crippen LogP contribution is -2.19. The molecule has 0 spiro atoms. The zero-order chi connectivity index (χ0) is 23.3. The van der Waals surface area contributed by atoms with Crippen molar-refractivity contribution in [2.45, 2.75) is 50.7 Å². The molecule has 0 aliphatic rings. The number of ether oxygens (including phenoxy) is 1. The molecule has 0 aliphatic carbocycles. The summed E-state index contributed by atoms with van der Waals surface area (Å²) < 4.78 is 10.0. The lowest BCUT2D eigenvalue weighted by molar-refractivity contribution is 0.193. The highest BCUT2D eigenvalue weighted by atomic mass is 35.5. The fourth-order valence-corrected chi connectivity index (χ4v) is 3.82. The SMILES string of the molecule is COc1c(S)ccc(Cl)c1C(C)O.Cc1cccc(C(C)C(N)c2n[nH]c(=O)o2)c1C. The Kier molecular flexibility index (Phi) is 8.76. The molecule has 3 unspecified atom stereocenters. The Balaban J connectivity index is 0.000000233. The van der Waals surface area contributed by atoms with Gasteiger partial charge in [-0.3, -0.25) is 0 Å². The number of halogens is 1. The van der Waals surface area contributed by atoms with Gasteiger partial charge in [0, 0.05) is 16.4 Å². The van der Waals surface area contributed by atoms with Crippen LogP contribution >= 0.6 is 24.2 Å².